The molecule has 3 aliphatic carbocycles. The maximum atomic E-state index is 11.8. The molecule has 2 bridgehead atoms. The first-order valence-electron chi connectivity index (χ1n) is 12.1. The molecule has 1 heterocycles. The van der Waals surface area contributed by atoms with Gasteiger partial charge in [0.05, 0.1) is 16.6 Å². The van der Waals surface area contributed by atoms with Crippen LogP contribution < -0.4 is 0 Å². The highest BCUT2D eigenvalue weighted by molar-refractivity contribution is 5.75. The van der Waals surface area contributed by atoms with Gasteiger partial charge in [-0.05, 0) is 81.8 Å². The Morgan fingerprint density at radius 1 is 1.06 bits per heavy atom. The average molecular weight is 430 g/mol. The van der Waals surface area contributed by atoms with Crippen LogP contribution in [-0.2, 0) is 6.42 Å². The van der Waals surface area contributed by atoms with E-state index in [9.17, 15) is 5.11 Å². The van der Waals surface area contributed by atoms with Gasteiger partial charge in [-0.15, -0.1) is 0 Å². The molecule has 0 spiro atoms. The van der Waals surface area contributed by atoms with Crippen molar-refractivity contribution in [1.82, 2.24) is 14.9 Å². The van der Waals surface area contributed by atoms with Crippen LogP contribution in [0.25, 0.3) is 16.6 Å². The van der Waals surface area contributed by atoms with Crippen LogP contribution in [0.4, 0.5) is 0 Å². The number of aryl methyl sites for hydroxylation is 1. The third-order valence-corrected chi connectivity index (χ3v) is 7.84. The quantitative estimate of drug-likeness (QED) is 0.500. The molecule has 3 aliphatic rings. The van der Waals surface area contributed by atoms with E-state index < -0.39 is 5.60 Å². The number of imidazole rings is 1. The topological polar surface area (TPSA) is 52.1 Å². The summed E-state index contributed by atoms with van der Waals surface area (Å²) >= 11 is 0. The van der Waals surface area contributed by atoms with E-state index in [0.717, 1.165) is 62.1 Å². The highest BCUT2D eigenvalue weighted by Gasteiger charge is 2.49. The van der Waals surface area contributed by atoms with E-state index in [4.69, 9.17) is 4.98 Å². The molecule has 3 unspecified atom stereocenters. The van der Waals surface area contributed by atoms with Crippen molar-refractivity contribution >= 4 is 16.6 Å². The Morgan fingerprint density at radius 3 is 2.66 bits per heavy atom. The molecule has 2 aromatic carbocycles. The monoisotopic (exact) mass is 429 g/mol. The molecule has 32 heavy (non-hydrogen) atoms. The largest absolute Gasteiger partial charge is 0.389 e. The van der Waals surface area contributed by atoms with Crippen LogP contribution in [0.1, 0.15) is 50.4 Å². The number of nitrogens with one attached hydrogen (secondary N) is 1. The zero-order valence-corrected chi connectivity index (χ0v) is 19.3. The minimum Gasteiger partial charge on any atom is -0.389 e. The summed E-state index contributed by atoms with van der Waals surface area (Å²) in [5, 5.41) is 11.8. The molecule has 4 heteroatoms. The Labute approximate surface area is 191 Å². The van der Waals surface area contributed by atoms with E-state index in [1.54, 1.807) is 0 Å². The van der Waals surface area contributed by atoms with Crippen molar-refractivity contribution in [3.63, 3.8) is 0 Å². The highest BCUT2D eigenvalue weighted by Crippen LogP contribution is 2.54. The predicted octanol–water partition coefficient (Wildman–Crippen LogP) is 5.45. The summed E-state index contributed by atoms with van der Waals surface area (Å²) < 4.78 is 0. The van der Waals surface area contributed by atoms with E-state index >= 15 is 0 Å². The molecule has 0 saturated heterocycles. The summed E-state index contributed by atoms with van der Waals surface area (Å²) in [6.45, 7) is 4.24. The Bertz CT molecular complexity index is 1070. The molecule has 3 atom stereocenters. The molecule has 1 fully saturated rings. The van der Waals surface area contributed by atoms with Crippen LogP contribution in [0.2, 0.25) is 0 Å². The van der Waals surface area contributed by atoms with Crippen LogP contribution in [0.15, 0.2) is 60.2 Å². The number of aliphatic hydroxyl groups is 1. The summed E-state index contributed by atoms with van der Waals surface area (Å²) in [6.07, 6.45) is 6.12. The van der Waals surface area contributed by atoms with Gasteiger partial charge in [0, 0.05) is 18.9 Å². The Hall–Kier alpha value is -2.43. The molecular formula is C28H35N3O. The molecule has 4 nitrogen and oxygen atoms in total. The van der Waals surface area contributed by atoms with Crippen molar-refractivity contribution in [1.29, 1.82) is 0 Å². The van der Waals surface area contributed by atoms with Crippen molar-refractivity contribution in [2.75, 3.05) is 20.1 Å². The minimum absolute atomic E-state index is 0.263. The predicted molar refractivity (Wildman–Crippen MR) is 131 cm³/mol. The number of hydrogen-bond donors (Lipinski definition) is 2. The van der Waals surface area contributed by atoms with Gasteiger partial charge < -0.3 is 15.0 Å². The van der Waals surface area contributed by atoms with Crippen LogP contribution in [0, 0.1) is 11.8 Å². The first-order valence-corrected chi connectivity index (χ1v) is 12.1. The lowest BCUT2D eigenvalue weighted by Gasteiger charge is -2.51. The van der Waals surface area contributed by atoms with Crippen LogP contribution in [0.3, 0.4) is 0 Å². The summed E-state index contributed by atoms with van der Waals surface area (Å²) in [5.41, 5.74) is 5.81. The van der Waals surface area contributed by atoms with Gasteiger partial charge in [0.25, 0.3) is 0 Å². The molecule has 2 N–H and O–H groups in total. The second kappa shape index (κ2) is 8.84. The zero-order chi connectivity index (χ0) is 22.1. The van der Waals surface area contributed by atoms with Gasteiger partial charge >= 0.3 is 0 Å². The van der Waals surface area contributed by atoms with E-state index in [0.29, 0.717) is 5.92 Å². The molecule has 3 aromatic rings. The Morgan fingerprint density at radius 2 is 1.84 bits per heavy atom. The van der Waals surface area contributed by atoms with Gasteiger partial charge in [0.2, 0.25) is 0 Å². The number of hydrogen-bond acceptors (Lipinski definition) is 3. The number of para-hydroxylation sites is 2. The van der Waals surface area contributed by atoms with Crippen molar-refractivity contribution in [2.24, 2.45) is 11.8 Å². The fraction of sp³-hybridized carbons (Fsp3) is 0.464. The lowest BCUT2D eigenvalue weighted by atomic mass is 9.57. The average Bonchev–Trinajstić information content (AvgIpc) is 3.22. The zero-order valence-electron chi connectivity index (χ0n) is 19.3. The van der Waals surface area contributed by atoms with Gasteiger partial charge in [0.15, 0.2) is 0 Å². The van der Waals surface area contributed by atoms with Crippen LogP contribution >= 0.6 is 0 Å². The molecule has 1 saturated carbocycles. The molecule has 1 aromatic heterocycles. The number of H-pyrrole nitrogens is 1. The fourth-order valence-electron chi connectivity index (χ4n) is 6.04. The Kier molecular flexibility index (Phi) is 5.92. The van der Waals surface area contributed by atoms with E-state index in [1.807, 2.05) is 12.1 Å². The van der Waals surface area contributed by atoms with Crippen molar-refractivity contribution in [3.05, 3.63) is 71.6 Å². The SMILES string of the molecule is CC1=C(c2ccccc2)C2CCC1CC2(O)CCN(C)CCCc1nc2ccccc2[nH]1. The van der Waals surface area contributed by atoms with E-state index in [2.05, 4.69) is 66.3 Å². The third-order valence-electron chi connectivity index (χ3n) is 7.84. The number of aromatic amines is 1. The summed E-state index contributed by atoms with van der Waals surface area (Å²) in [6, 6.07) is 18.9. The smallest absolute Gasteiger partial charge is 0.107 e. The van der Waals surface area contributed by atoms with Crippen LogP contribution in [-0.4, -0.2) is 45.7 Å². The Balaban J connectivity index is 1.18. The van der Waals surface area contributed by atoms with Crippen molar-refractivity contribution in [3.8, 4) is 0 Å². The molecule has 168 valence electrons. The van der Waals surface area contributed by atoms with Gasteiger partial charge in [-0.2, -0.15) is 0 Å². The maximum Gasteiger partial charge on any atom is 0.107 e. The van der Waals surface area contributed by atoms with Gasteiger partial charge in [-0.1, -0.05) is 48.0 Å². The van der Waals surface area contributed by atoms with E-state index in [-0.39, 0.29) is 5.92 Å². The summed E-state index contributed by atoms with van der Waals surface area (Å²) in [4.78, 5) is 10.5. The summed E-state index contributed by atoms with van der Waals surface area (Å²) in [5.74, 6) is 1.85. The molecule has 0 radical (unpaired) electrons. The number of rotatable bonds is 8. The third kappa shape index (κ3) is 4.14. The van der Waals surface area contributed by atoms with Crippen molar-refractivity contribution in [2.45, 2.75) is 51.0 Å². The number of nitrogens with zero attached hydrogens (tertiary/aromatic N) is 2. The molecule has 0 aliphatic heterocycles. The lowest BCUT2D eigenvalue weighted by molar-refractivity contribution is -0.0578. The first-order chi connectivity index (χ1) is 15.5. The standard InChI is InChI=1S/C28H35N3O/c1-20-22-14-15-23(27(20)21-9-4-3-5-10-21)28(32,19-22)16-18-31(2)17-8-13-26-29-24-11-6-7-12-25(24)30-26/h3-7,9-12,22-23,32H,8,13-19H2,1-2H3,(H,29,30). The fourth-order valence-corrected chi connectivity index (χ4v) is 6.04. The highest BCUT2D eigenvalue weighted by atomic mass is 16.3. The lowest BCUT2D eigenvalue weighted by Crippen LogP contribution is -2.49. The first kappa shape index (κ1) is 21.4. The minimum atomic E-state index is -0.583. The molecular weight excluding hydrogens is 394 g/mol. The van der Waals surface area contributed by atoms with Gasteiger partial charge in [-0.3, -0.25) is 0 Å². The number of allylic oxidation sites excluding steroid dienone is 1. The number of benzene rings is 2. The normalized spacial score (nSPS) is 25.2. The maximum absolute atomic E-state index is 11.8. The van der Waals surface area contributed by atoms with Crippen LogP contribution in [0.5, 0.6) is 0 Å². The van der Waals surface area contributed by atoms with Gasteiger partial charge in [-0.25, -0.2) is 4.98 Å². The second-order valence-electron chi connectivity index (χ2n) is 9.95. The van der Waals surface area contributed by atoms with Gasteiger partial charge in [0.1, 0.15) is 5.82 Å². The molecule has 6 rings (SSSR count). The number of aromatic nitrogens is 2. The summed E-state index contributed by atoms with van der Waals surface area (Å²) in [7, 11) is 2.18. The second-order valence-corrected chi connectivity index (χ2v) is 9.95. The number of fused-ring (bicyclic) bond motifs is 3. The van der Waals surface area contributed by atoms with E-state index in [1.165, 1.54) is 23.1 Å². The van der Waals surface area contributed by atoms with Crippen molar-refractivity contribution < 1.29 is 5.11 Å². The molecule has 0 amide bonds.